The second kappa shape index (κ2) is 6.56. The summed E-state index contributed by atoms with van der Waals surface area (Å²) in [7, 11) is -3.95. The third-order valence-electron chi connectivity index (χ3n) is 2.81. The van der Waals surface area contributed by atoms with Crippen LogP contribution >= 0.6 is 0 Å². The Morgan fingerprint density at radius 3 is 2.57 bits per heavy atom. The van der Waals surface area contributed by atoms with Gasteiger partial charge in [0.2, 0.25) is 0 Å². The minimum atomic E-state index is -3.95. The Bertz CT molecular complexity index is 873. The van der Waals surface area contributed by atoms with Gasteiger partial charge in [-0.05, 0) is 37.3 Å². The lowest BCUT2D eigenvalue weighted by Crippen LogP contribution is -2.24. The van der Waals surface area contributed by atoms with E-state index in [0.717, 1.165) is 24.3 Å². The minimum absolute atomic E-state index is 0.109. The fourth-order valence-corrected chi connectivity index (χ4v) is 2.46. The molecule has 10 nitrogen and oxygen atoms in total. The molecular weight excluding hydrogens is 326 g/mol. The summed E-state index contributed by atoms with van der Waals surface area (Å²) in [4.78, 5) is 13.0. The fourth-order valence-electron chi connectivity index (χ4n) is 1.61. The van der Waals surface area contributed by atoms with Gasteiger partial charge in [-0.15, -0.1) is 5.10 Å². The Balaban J connectivity index is 2.21. The number of anilines is 1. The van der Waals surface area contributed by atoms with Gasteiger partial charge in [0.1, 0.15) is 5.69 Å². The Kier molecular flexibility index (Phi) is 4.74. The van der Waals surface area contributed by atoms with Crippen molar-refractivity contribution in [2.45, 2.75) is 11.8 Å². The second-order valence-corrected chi connectivity index (χ2v) is 6.08. The molecule has 1 aromatic carbocycles. The van der Waals surface area contributed by atoms with Crippen LogP contribution in [0.5, 0.6) is 0 Å². The van der Waals surface area contributed by atoms with E-state index in [1.165, 1.54) is 19.2 Å². The van der Waals surface area contributed by atoms with Crippen LogP contribution in [0.4, 0.5) is 5.69 Å². The molecule has 0 amide bonds. The zero-order chi connectivity index (χ0) is 17.0. The fraction of sp³-hybridized carbons (Fsp3) is 0.0833. The van der Waals surface area contributed by atoms with Gasteiger partial charge < -0.3 is 10.4 Å². The van der Waals surface area contributed by atoms with Crippen molar-refractivity contribution in [3.8, 4) is 0 Å². The molecule has 122 valence electrons. The number of aromatic nitrogens is 2. The molecule has 2 aromatic rings. The van der Waals surface area contributed by atoms with Crippen molar-refractivity contribution < 1.29 is 18.2 Å². The van der Waals surface area contributed by atoms with Crippen LogP contribution in [-0.2, 0) is 10.0 Å². The number of nitrogens with zero attached hydrogens (tertiary/aromatic N) is 3. The van der Waals surface area contributed by atoms with E-state index >= 15 is 0 Å². The van der Waals surface area contributed by atoms with E-state index in [0.29, 0.717) is 10.2 Å². The maximum Gasteiger partial charge on any atom is 0.276 e. The normalized spacial score (nSPS) is 12.0. The monoisotopic (exact) mass is 339 g/mol. The van der Waals surface area contributed by atoms with Crippen molar-refractivity contribution in [1.82, 2.24) is 9.93 Å². The predicted octanol–water partition coefficient (Wildman–Crippen LogP) is 0.325. The van der Waals surface area contributed by atoms with Gasteiger partial charge in [0.05, 0.1) is 21.2 Å². The van der Waals surface area contributed by atoms with E-state index in [4.69, 9.17) is 5.21 Å². The largest absolute Gasteiger partial charge is 0.733 e. The summed E-state index contributed by atoms with van der Waals surface area (Å²) >= 11 is 0. The summed E-state index contributed by atoms with van der Waals surface area (Å²) in [5.41, 5.74) is 0.474. The van der Waals surface area contributed by atoms with E-state index in [1.807, 2.05) is 4.83 Å². The van der Waals surface area contributed by atoms with Gasteiger partial charge in [-0.1, -0.05) is 0 Å². The van der Waals surface area contributed by atoms with Gasteiger partial charge in [0.25, 0.3) is 16.2 Å². The van der Waals surface area contributed by atoms with E-state index in [1.54, 1.807) is 6.07 Å². The molecule has 3 N–H and O–H groups in total. The van der Waals surface area contributed by atoms with Crippen LogP contribution in [0.2, 0.25) is 0 Å². The highest BCUT2D eigenvalue weighted by molar-refractivity contribution is 7.89. The number of aromatic amines is 1. The number of hydrazone groups is 1. The van der Waals surface area contributed by atoms with Crippen LogP contribution in [0.15, 0.2) is 52.6 Å². The SMILES string of the molecule is C/C(=N\NS(=O)(=O)c1ccc(N([O-])O)cc1)c1ccc[n+](=O)[nH]1. The highest BCUT2D eigenvalue weighted by Gasteiger charge is 2.13. The van der Waals surface area contributed by atoms with Gasteiger partial charge in [-0.2, -0.15) is 18.4 Å². The lowest BCUT2D eigenvalue weighted by molar-refractivity contribution is -0.564. The molecule has 0 spiro atoms. The lowest BCUT2D eigenvalue weighted by atomic mass is 10.3. The number of sulfonamides is 1. The molecule has 1 heterocycles. The summed E-state index contributed by atoms with van der Waals surface area (Å²) in [6.07, 6.45) is 1.24. The molecule has 0 bridgehead atoms. The summed E-state index contributed by atoms with van der Waals surface area (Å²) in [5, 5.41) is 25.1. The molecule has 0 aliphatic heterocycles. The number of H-pyrrole nitrogens is 1. The summed E-state index contributed by atoms with van der Waals surface area (Å²) < 4.78 is 24.6. The Morgan fingerprint density at radius 1 is 1.35 bits per heavy atom. The van der Waals surface area contributed by atoms with Crippen LogP contribution in [0.3, 0.4) is 0 Å². The van der Waals surface area contributed by atoms with Crippen molar-refractivity contribution in [2.24, 2.45) is 5.10 Å². The number of hydrogen-bond acceptors (Lipinski definition) is 7. The lowest BCUT2D eigenvalue weighted by Gasteiger charge is -2.21. The second-order valence-electron chi connectivity index (χ2n) is 4.42. The molecule has 2 rings (SSSR count). The molecule has 23 heavy (non-hydrogen) atoms. The van der Waals surface area contributed by atoms with Crippen molar-refractivity contribution in [1.29, 1.82) is 0 Å². The smallest absolute Gasteiger partial charge is 0.276 e. The van der Waals surface area contributed by atoms with E-state index in [2.05, 4.69) is 10.2 Å². The standard InChI is InChI=1S/C12H13N5O5S/c1-9(12-3-2-8-16(18)14-12)13-15-23(21,22)11-6-4-10(5-7-11)17(19)20/h2-8,15,19H,1H3,(H,14,18)/b13-9+. The molecule has 0 radical (unpaired) electrons. The zero-order valence-electron chi connectivity index (χ0n) is 11.9. The molecule has 0 saturated heterocycles. The average molecular weight is 339 g/mol. The Labute approximate surface area is 130 Å². The quantitative estimate of drug-likeness (QED) is 0.407. The molecule has 1 aromatic heterocycles. The van der Waals surface area contributed by atoms with Gasteiger partial charge in [-0.3, -0.25) is 5.21 Å². The number of hydrogen-bond donors (Lipinski definition) is 3. The van der Waals surface area contributed by atoms with Crippen LogP contribution in [0.25, 0.3) is 0 Å². The predicted molar refractivity (Wildman–Crippen MR) is 80.8 cm³/mol. The van der Waals surface area contributed by atoms with Crippen molar-refractivity contribution in [3.05, 3.63) is 58.4 Å². The molecule has 0 aliphatic carbocycles. The maximum absolute atomic E-state index is 12.1. The van der Waals surface area contributed by atoms with Gasteiger partial charge in [-0.25, -0.2) is 0 Å². The van der Waals surface area contributed by atoms with E-state index in [-0.39, 0.29) is 21.5 Å². The third-order valence-corrected chi connectivity index (χ3v) is 4.03. The molecule has 0 fully saturated rings. The summed E-state index contributed by atoms with van der Waals surface area (Å²) in [6.45, 7) is 1.51. The highest BCUT2D eigenvalue weighted by atomic mass is 32.2. The molecule has 0 unspecified atom stereocenters. The molecule has 0 aliphatic rings. The number of nitrogens with one attached hydrogen (secondary N) is 2. The van der Waals surface area contributed by atoms with Gasteiger partial charge in [0, 0.05) is 6.07 Å². The number of benzene rings is 1. The van der Waals surface area contributed by atoms with Crippen molar-refractivity contribution in [3.63, 3.8) is 0 Å². The van der Waals surface area contributed by atoms with Crippen LogP contribution < -0.4 is 14.6 Å². The first-order valence-electron chi connectivity index (χ1n) is 6.24. The first-order valence-corrected chi connectivity index (χ1v) is 7.72. The minimum Gasteiger partial charge on any atom is -0.733 e. The van der Waals surface area contributed by atoms with Crippen LogP contribution in [0, 0.1) is 10.1 Å². The van der Waals surface area contributed by atoms with Gasteiger partial charge >= 0.3 is 0 Å². The van der Waals surface area contributed by atoms with E-state index < -0.39 is 10.0 Å². The van der Waals surface area contributed by atoms with Gasteiger partial charge in [0.15, 0.2) is 4.54 Å². The summed E-state index contributed by atoms with van der Waals surface area (Å²) in [5.74, 6) is 0. The topological polar surface area (TPSA) is 144 Å². The molecule has 0 atom stereocenters. The van der Waals surface area contributed by atoms with Crippen LogP contribution in [0.1, 0.15) is 12.6 Å². The first kappa shape index (κ1) is 16.6. The van der Waals surface area contributed by atoms with Crippen molar-refractivity contribution in [2.75, 3.05) is 5.23 Å². The first-order chi connectivity index (χ1) is 10.8. The van der Waals surface area contributed by atoms with Crippen molar-refractivity contribution >= 4 is 21.4 Å². The average Bonchev–Trinajstić information content (AvgIpc) is 2.52. The van der Waals surface area contributed by atoms with Crippen LogP contribution in [-0.4, -0.2) is 24.4 Å². The Morgan fingerprint density at radius 2 is 2.00 bits per heavy atom. The zero-order valence-corrected chi connectivity index (χ0v) is 12.7. The molecular formula is C12H13N5O5S. The van der Waals surface area contributed by atoms with E-state index in [9.17, 15) is 18.5 Å². The highest BCUT2D eigenvalue weighted by Crippen LogP contribution is 2.16. The molecule has 0 saturated carbocycles. The third kappa shape index (κ3) is 4.12. The summed E-state index contributed by atoms with van der Waals surface area (Å²) in [6, 6.07) is 7.61. The number of rotatable bonds is 5. The maximum atomic E-state index is 12.1. The molecule has 11 heteroatoms. The Hall–Kier alpha value is -2.76.